The summed E-state index contributed by atoms with van der Waals surface area (Å²) >= 11 is 0. The highest BCUT2D eigenvalue weighted by Crippen LogP contribution is 2.31. The fourth-order valence-electron chi connectivity index (χ4n) is 1.95. The van der Waals surface area contributed by atoms with Gasteiger partial charge in [-0.25, -0.2) is 0 Å². The third-order valence-electron chi connectivity index (χ3n) is 2.69. The van der Waals surface area contributed by atoms with E-state index < -0.39 is 0 Å². The molecule has 0 heteroatoms. The molecule has 82 valence electrons. The molecule has 1 aliphatic rings. The zero-order chi connectivity index (χ0) is 11.3. The summed E-state index contributed by atoms with van der Waals surface area (Å²) in [5.74, 6) is 0. The van der Waals surface area contributed by atoms with E-state index in [9.17, 15) is 0 Å². The van der Waals surface area contributed by atoms with Crippen LogP contribution in [-0.4, -0.2) is 0 Å². The molecule has 2 rings (SSSR count). The van der Waals surface area contributed by atoms with Gasteiger partial charge in [0.2, 0.25) is 0 Å². The third-order valence-corrected chi connectivity index (χ3v) is 2.69. The number of rotatable bonds is 0. The normalized spacial score (nSPS) is 17.1. The van der Waals surface area contributed by atoms with Crippen molar-refractivity contribution in [1.82, 2.24) is 0 Å². The SMILES string of the molecule is CC.CC1(C)CC=Cc2ccccc2C1. The predicted molar refractivity (Wildman–Crippen MR) is 68.9 cm³/mol. The first-order valence-corrected chi connectivity index (χ1v) is 5.92. The number of allylic oxidation sites excluding steroid dienone is 1. The molecule has 0 aromatic heterocycles. The molecular weight excluding hydrogens is 180 g/mol. The third kappa shape index (κ3) is 3.23. The van der Waals surface area contributed by atoms with Crippen LogP contribution in [0.15, 0.2) is 30.3 Å². The minimum Gasteiger partial charge on any atom is -0.0834 e. The van der Waals surface area contributed by atoms with Crippen LogP contribution >= 0.6 is 0 Å². The molecule has 0 nitrogen and oxygen atoms in total. The Balaban J connectivity index is 0.000000531. The van der Waals surface area contributed by atoms with Crippen molar-refractivity contribution in [1.29, 1.82) is 0 Å². The van der Waals surface area contributed by atoms with Crippen LogP contribution < -0.4 is 0 Å². The molecule has 0 saturated carbocycles. The maximum Gasteiger partial charge on any atom is -0.0218 e. The van der Waals surface area contributed by atoms with Crippen LogP contribution in [0.5, 0.6) is 0 Å². The van der Waals surface area contributed by atoms with Crippen molar-refractivity contribution in [3.05, 3.63) is 41.5 Å². The Bertz CT molecular complexity index is 332. The summed E-state index contributed by atoms with van der Waals surface area (Å²) in [6.45, 7) is 8.67. The topological polar surface area (TPSA) is 0 Å². The lowest BCUT2D eigenvalue weighted by Crippen LogP contribution is -2.12. The summed E-state index contributed by atoms with van der Waals surface area (Å²) in [6, 6.07) is 8.69. The monoisotopic (exact) mass is 202 g/mol. The number of hydrogen-bond donors (Lipinski definition) is 0. The zero-order valence-electron chi connectivity index (χ0n) is 10.4. The molecule has 0 bridgehead atoms. The molecule has 0 amide bonds. The van der Waals surface area contributed by atoms with Gasteiger partial charge in [-0.15, -0.1) is 0 Å². The average Bonchev–Trinajstić information content (AvgIpc) is 2.37. The summed E-state index contributed by atoms with van der Waals surface area (Å²) in [5, 5.41) is 0. The Labute approximate surface area is 94.0 Å². The highest BCUT2D eigenvalue weighted by molar-refractivity contribution is 5.55. The van der Waals surface area contributed by atoms with Crippen molar-refractivity contribution in [2.75, 3.05) is 0 Å². The first kappa shape index (κ1) is 12.0. The van der Waals surface area contributed by atoms with Gasteiger partial charge in [0.05, 0.1) is 0 Å². The van der Waals surface area contributed by atoms with Gasteiger partial charge >= 0.3 is 0 Å². The highest BCUT2D eigenvalue weighted by Gasteiger charge is 2.19. The van der Waals surface area contributed by atoms with E-state index in [2.05, 4.69) is 50.3 Å². The molecule has 15 heavy (non-hydrogen) atoms. The lowest BCUT2D eigenvalue weighted by atomic mass is 9.83. The van der Waals surface area contributed by atoms with Crippen molar-refractivity contribution in [3.8, 4) is 0 Å². The van der Waals surface area contributed by atoms with Gasteiger partial charge in [-0.1, -0.05) is 64.1 Å². The van der Waals surface area contributed by atoms with Crippen LogP contribution in [0.25, 0.3) is 6.08 Å². The molecule has 0 fully saturated rings. The van der Waals surface area contributed by atoms with Gasteiger partial charge in [-0.3, -0.25) is 0 Å². The maximum absolute atomic E-state index is 2.33. The second kappa shape index (κ2) is 5.16. The van der Waals surface area contributed by atoms with Gasteiger partial charge in [-0.05, 0) is 29.4 Å². The minimum atomic E-state index is 0.420. The summed E-state index contributed by atoms with van der Waals surface area (Å²) in [4.78, 5) is 0. The Morgan fingerprint density at radius 3 is 2.47 bits per heavy atom. The summed E-state index contributed by atoms with van der Waals surface area (Å²) < 4.78 is 0. The van der Waals surface area contributed by atoms with Crippen molar-refractivity contribution >= 4 is 6.08 Å². The van der Waals surface area contributed by atoms with Gasteiger partial charge in [0.1, 0.15) is 0 Å². The fourth-order valence-corrected chi connectivity index (χ4v) is 1.95. The van der Waals surface area contributed by atoms with E-state index in [1.807, 2.05) is 13.8 Å². The van der Waals surface area contributed by atoms with E-state index in [1.165, 1.54) is 24.0 Å². The minimum absolute atomic E-state index is 0.420. The first-order valence-electron chi connectivity index (χ1n) is 5.92. The molecule has 0 radical (unpaired) electrons. The van der Waals surface area contributed by atoms with Gasteiger partial charge < -0.3 is 0 Å². The molecule has 0 saturated heterocycles. The average molecular weight is 202 g/mol. The van der Waals surface area contributed by atoms with Crippen molar-refractivity contribution < 1.29 is 0 Å². The van der Waals surface area contributed by atoms with Crippen LogP contribution in [0.2, 0.25) is 0 Å². The number of hydrogen-bond acceptors (Lipinski definition) is 0. The van der Waals surface area contributed by atoms with Gasteiger partial charge in [0, 0.05) is 0 Å². The van der Waals surface area contributed by atoms with Gasteiger partial charge in [0.15, 0.2) is 0 Å². The Morgan fingerprint density at radius 2 is 1.73 bits per heavy atom. The van der Waals surface area contributed by atoms with E-state index in [4.69, 9.17) is 0 Å². The Hall–Kier alpha value is -1.04. The molecule has 0 unspecified atom stereocenters. The molecule has 0 aliphatic heterocycles. The Morgan fingerprint density at radius 1 is 1.07 bits per heavy atom. The maximum atomic E-state index is 2.33. The van der Waals surface area contributed by atoms with E-state index >= 15 is 0 Å². The lowest BCUT2D eigenvalue weighted by Gasteiger charge is -2.21. The second-order valence-corrected chi connectivity index (χ2v) is 4.65. The van der Waals surface area contributed by atoms with E-state index in [0.29, 0.717) is 5.41 Å². The molecule has 0 N–H and O–H groups in total. The molecule has 0 spiro atoms. The number of fused-ring (bicyclic) bond motifs is 1. The standard InChI is InChI=1S/C13H16.C2H6/c1-13(2)9-5-8-11-6-3-4-7-12(11)10-13;1-2/h3-8H,9-10H2,1-2H3;1-2H3. The summed E-state index contributed by atoms with van der Waals surface area (Å²) in [7, 11) is 0. The van der Waals surface area contributed by atoms with Crippen LogP contribution in [-0.2, 0) is 6.42 Å². The van der Waals surface area contributed by atoms with Gasteiger partial charge in [0.25, 0.3) is 0 Å². The lowest BCUT2D eigenvalue weighted by molar-refractivity contribution is 0.371. The van der Waals surface area contributed by atoms with Crippen molar-refractivity contribution in [2.24, 2.45) is 5.41 Å². The van der Waals surface area contributed by atoms with E-state index in [-0.39, 0.29) is 0 Å². The number of benzene rings is 1. The Kier molecular flexibility index (Phi) is 4.14. The molecule has 1 aromatic rings. The smallest absolute Gasteiger partial charge is 0.0218 e. The second-order valence-electron chi connectivity index (χ2n) is 4.65. The zero-order valence-corrected chi connectivity index (χ0v) is 10.4. The molecule has 1 aromatic carbocycles. The van der Waals surface area contributed by atoms with E-state index in [1.54, 1.807) is 0 Å². The van der Waals surface area contributed by atoms with Crippen LogP contribution in [0.1, 0.15) is 45.2 Å². The highest BCUT2D eigenvalue weighted by atomic mass is 14.2. The van der Waals surface area contributed by atoms with Crippen LogP contribution in [0.4, 0.5) is 0 Å². The van der Waals surface area contributed by atoms with Crippen LogP contribution in [0, 0.1) is 5.41 Å². The van der Waals surface area contributed by atoms with Crippen LogP contribution in [0.3, 0.4) is 0 Å². The molecule has 0 atom stereocenters. The molecular formula is C15H22. The largest absolute Gasteiger partial charge is 0.0834 e. The predicted octanol–water partition coefficient (Wildman–Crippen LogP) is 4.70. The quantitative estimate of drug-likeness (QED) is 0.572. The molecule has 0 heterocycles. The first-order chi connectivity index (χ1) is 7.17. The van der Waals surface area contributed by atoms with Crippen molar-refractivity contribution in [3.63, 3.8) is 0 Å². The summed E-state index contributed by atoms with van der Waals surface area (Å²) in [6.07, 6.45) is 6.92. The molecule has 1 aliphatic carbocycles. The van der Waals surface area contributed by atoms with E-state index in [0.717, 1.165) is 0 Å². The van der Waals surface area contributed by atoms with Gasteiger partial charge in [-0.2, -0.15) is 0 Å². The fraction of sp³-hybridized carbons (Fsp3) is 0.467. The van der Waals surface area contributed by atoms with Crippen molar-refractivity contribution in [2.45, 2.75) is 40.5 Å². The summed E-state index contributed by atoms with van der Waals surface area (Å²) in [5.41, 5.74) is 3.30.